The van der Waals surface area contributed by atoms with E-state index in [-0.39, 0.29) is 11.5 Å². The number of aryl methyl sites for hydroxylation is 1. The third-order valence-electron chi connectivity index (χ3n) is 5.77. The number of hydrogen-bond donors (Lipinski definition) is 0. The Labute approximate surface area is 190 Å². The van der Waals surface area contributed by atoms with Gasteiger partial charge in [-0.2, -0.15) is 0 Å². The van der Waals surface area contributed by atoms with E-state index >= 15 is 0 Å². The number of amides is 1. The second-order valence-corrected chi connectivity index (χ2v) is 9.18. The van der Waals surface area contributed by atoms with E-state index in [9.17, 15) is 9.59 Å². The molecule has 2 heterocycles. The number of fused-ring (bicyclic) bond motifs is 2. The van der Waals surface area contributed by atoms with Crippen LogP contribution in [-0.4, -0.2) is 27.3 Å². The smallest absolute Gasteiger partial charge is 0.266 e. The normalized spacial score (nSPS) is 14.2. The summed E-state index contributed by atoms with van der Waals surface area (Å²) < 4.78 is 1.61. The zero-order valence-corrected chi connectivity index (χ0v) is 18.6. The summed E-state index contributed by atoms with van der Waals surface area (Å²) in [6.45, 7) is 2.60. The third kappa shape index (κ3) is 3.71. The van der Waals surface area contributed by atoms with Crippen LogP contribution in [0.5, 0.6) is 0 Å². The van der Waals surface area contributed by atoms with Crippen LogP contribution in [0.4, 0.5) is 5.69 Å². The van der Waals surface area contributed by atoms with Crippen molar-refractivity contribution in [2.45, 2.75) is 30.2 Å². The first-order valence-corrected chi connectivity index (χ1v) is 11.6. The zero-order valence-electron chi connectivity index (χ0n) is 17.8. The molecule has 32 heavy (non-hydrogen) atoms. The second kappa shape index (κ2) is 8.63. The molecule has 0 fully saturated rings. The maximum Gasteiger partial charge on any atom is 0.266 e. The highest BCUT2D eigenvalue weighted by Gasteiger charge is 2.28. The van der Waals surface area contributed by atoms with Crippen LogP contribution in [0.3, 0.4) is 0 Å². The minimum atomic E-state index is -0.399. The Kier molecular flexibility index (Phi) is 5.53. The van der Waals surface area contributed by atoms with E-state index in [0.717, 1.165) is 24.2 Å². The quantitative estimate of drug-likeness (QED) is 0.336. The van der Waals surface area contributed by atoms with Gasteiger partial charge in [0.05, 0.1) is 21.8 Å². The van der Waals surface area contributed by atoms with Gasteiger partial charge in [0.1, 0.15) is 0 Å². The number of hydrogen-bond acceptors (Lipinski definition) is 4. The second-order valence-electron chi connectivity index (χ2n) is 7.87. The highest BCUT2D eigenvalue weighted by Crippen LogP contribution is 2.31. The maximum atomic E-state index is 13.5. The van der Waals surface area contributed by atoms with E-state index in [1.807, 2.05) is 78.6 Å². The summed E-state index contributed by atoms with van der Waals surface area (Å²) >= 11 is 1.33. The average molecular weight is 442 g/mol. The van der Waals surface area contributed by atoms with Gasteiger partial charge in [-0.15, -0.1) is 0 Å². The van der Waals surface area contributed by atoms with Gasteiger partial charge < -0.3 is 4.90 Å². The van der Waals surface area contributed by atoms with Crippen molar-refractivity contribution in [2.24, 2.45) is 0 Å². The molecule has 160 valence electrons. The molecule has 1 atom stereocenters. The van der Waals surface area contributed by atoms with Crippen molar-refractivity contribution in [3.8, 4) is 5.69 Å². The lowest BCUT2D eigenvalue weighted by atomic mass is 10.0. The Hall–Kier alpha value is -3.38. The Bertz CT molecular complexity index is 1350. The molecule has 0 spiro atoms. The molecule has 5 rings (SSSR count). The monoisotopic (exact) mass is 441 g/mol. The molecule has 0 radical (unpaired) electrons. The molecular weight excluding hydrogens is 418 g/mol. The lowest BCUT2D eigenvalue weighted by Crippen LogP contribution is -2.40. The molecule has 1 amide bonds. The SMILES string of the molecule is CC(Sc1nc2ccccc2c(=O)n1-c1ccccc1)C(=O)N1CCCc2ccccc21. The summed E-state index contributed by atoms with van der Waals surface area (Å²) in [5.41, 5.74) is 3.43. The minimum absolute atomic E-state index is 0.0316. The van der Waals surface area contributed by atoms with Crippen LogP contribution in [0.2, 0.25) is 0 Å². The predicted molar refractivity (Wildman–Crippen MR) is 130 cm³/mol. The molecule has 0 bridgehead atoms. The number of nitrogens with zero attached hydrogens (tertiary/aromatic N) is 3. The van der Waals surface area contributed by atoms with E-state index in [0.29, 0.717) is 22.6 Å². The number of rotatable bonds is 4. The average Bonchev–Trinajstić information content (AvgIpc) is 2.84. The maximum absolute atomic E-state index is 13.5. The summed E-state index contributed by atoms with van der Waals surface area (Å²) in [6.07, 6.45) is 1.93. The number of thioether (sulfide) groups is 1. The van der Waals surface area contributed by atoms with Crippen LogP contribution in [0.1, 0.15) is 18.9 Å². The molecule has 0 N–H and O–H groups in total. The van der Waals surface area contributed by atoms with E-state index in [2.05, 4.69) is 6.07 Å². The number of carbonyl (C=O) groups is 1. The predicted octanol–water partition coefficient (Wildman–Crippen LogP) is 4.85. The molecule has 6 heteroatoms. The first kappa shape index (κ1) is 20.5. The van der Waals surface area contributed by atoms with Crippen LogP contribution in [0, 0.1) is 0 Å². The van der Waals surface area contributed by atoms with Gasteiger partial charge in [-0.3, -0.25) is 14.2 Å². The Balaban J connectivity index is 1.54. The number of benzene rings is 3. The lowest BCUT2D eigenvalue weighted by Gasteiger charge is -2.31. The standard InChI is InChI=1S/C26H23N3O2S/c1-18(24(30)28-17-9-11-19-10-5-8-16-23(19)28)32-26-27-22-15-7-6-14-21(22)25(31)29(26)20-12-3-2-4-13-20/h2-8,10,12-16,18H,9,11,17H2,1H3. The molecule has 1 aliphatic rings. The van der Waals surface area contributed by atoms with Crippen molar-refractivity contribution in [3.63, 3.8) is 0 Å². The fourth-order valence-electron chi connectivity index (χ4n) is 4.19. The molecule has 0 saturated carbocycles. The van der Waals surface area contributed by atoms with Crippen LogP contribution in [-0.2, 0) is 11.2 Å². The molecule has 0 aliphatic carbocycles. The number of anilines is 1. The van der Waals surface area contributed by atoms with Gasteiger partial charge in [0.2, 0.25) is 5.91 Å². The third-order valence-corrected chi connectivity index (χ3v) is 6.81. The van der Waals surface area contributed by atoms with Crippen molar-refractivity contribution in [3.05, 3.63) is 94.8 Å². The van der Waals surface area contributed by atoms with Crippen molar-refractivity contribution in [1.29, 1.82) is 0 Å². The summed E-state index contributed by atoms with van der Waals surface area (Å²) in [4.78, 5) is 33.5. The first-order valence-electron chi connectivity index (χ1n) is 10.8. The van der Waals surface area contributed by atoms with E-state index in [1.165, 1.54) is 17.3 Å². The number of aromatic nitrogens is 2. The van der Waals surface area contributed by atoms with Gasteiger partial charge in [0.25, 0.3) is 5.56 Å². The molecule has 0 saturated heterocycles. The molecule has 5 nitrogen and oxygen atoms in total. The van der Waals surface area contributed by atoms with Crippen LogP contribution >= 0.6 is 11.8 Å². The van der Waals surface area contributed by atoms with Crippen molar-refractivity contribution >= 4 is 34.3 Å². The molecule has 1 aromatic heterocycles. The van der Waals surface area contributed by atoms with Gasteiger partial charge in [0.15, 0.2) is 5.16 Å². The molecule has 4 aromatic rings. The fraction of sp³-hybridized carbons (Fsp3) is 0.192. The van der Waals surface area contributed by atoms with E-state index < -0.39 is 5.25 Å². The molecule has 3 aromatic carbocycles. The number of para-hydroxylation sites is 3. The van der Waals surface area contributed by atoms with E-state index in [4.69, 9.17) is 4.98 Å². The first-order chi connectivity index (χ1) is 15.6. The zero-order chi connectivity index (χ0) is 22.1. The fourth-order valence-corrected chi connectivity index (χ4v) is 5.18. The Morgan fingerprint density at radius 1 is 0.969 bits per heavy atom. The highest BCUT2D eigenvalue weighted by atomic mass is 32.2. The summed E-state index contributed by atoms with van der Waals surface area (Å²) in [6, 6.07) is 24.9. The van der Waals surface area contributed by atoms with Crippen molar-refractivity contribution in [2.75, 3.05) is 11.4 Å². The Morgan fingerprint density at radius 2 is 1.69 bits per heavy atom. The summed E-state index contributed by atoms with van der Waals surface area (Å²) in [5.74, 6) is 0.0316. The summed E-state index contributed by atoms with van der Waals surface area (Å²) in [7, 11) is 0. The van der Waals surface area contributed by atoms with Crippen molar-refractivity contribution < 1.29 is 4.79 Å². The lowest BCUT2D eigenvalue weighted by molar-refractivity contribution is -0.117. The van der Waals surface area contributed by atoms with Gasteiger partial charge in [0, 0.05) is 12.2 Å². The number of carbonyl (C=O) groups excluding carboxylic acids is 1. The van der Waals surface area contributed by atoms with E-state index in [1.54, 1.807) is 10.6 Å². The van der Waals surface area contributed by atoms with Crippen LogP contribution < -0.4 is 10.5 Å². The van der Waals surface area contributed by atoms with Gasteiger partial charge in [-0.05, 0) is 55.7 Å². The van der Waals surface area contributed by atoms with Crippen LogP contribution in [0.15, 0.2) is 88.8 Å². The minimum Gasteiger partial charge on any atom is -0.311 e. The van der Waals surface area contributed by atoms with Gasteiger partial charge in [-0.1, -0.05) is 60.3 Å². The van der Waals surface area contributed by atoms with Crippen LogP contribution in [0.25, 0.3) is 16.6 Å². The molecular formula is C26H23N3O2S. The largest absolute Gasteiger partial charge is 0.311 e. The van der Waals surface area contributed by atoms with Gasteiger partial charge in [-0.25, -0.2) is 4.98 Å². The molecule has 1 aliphatic heterocycles. The summed E-state index contributed by atoms with van der Waals surface area (Å²) in [5, 5.41) is 0.680. The Morgan fingerprint density at radius 3 is 2.53 bits per heavy atom. The van der Waals surface area contributed by atoms with Gasteiger partial charge >= 0.3 is 0 Å². The highest BCUT2D eigenvalue weighted by molar-refractivity contribution is 8.00. The topological polar surface area (TPSA) is 55.2 Å². The molecule has 1 unspecified atom stereocenters. The van der Waals surface area contributed by atoms with Crippen molar-refractivity contribution in [1.82, 2.24) is 9.55 Å².